The second-order valence-electron chi connectivity index (χ2n) is 6.58. The number of carboxylic acid groups (broad SMARTS) is 1. The fourth-order valence-corrected chi connectivity index (χ4v) is 1.52. The van der Waals surface area contributed by atoms with Crippen molar-refractivity contribution < 1.29 is 14.7 Å². The third-order valence-corrected chi connectivity index (χ3v) is 4.04. The van der Waals surface area contributed by atoms with Gasteiger partial charge in [-0.15, -0.1) is 0 Å². The highest BCUT2D eigenvalue weighted by molar-refractivity contribution is 5.73. The van der Waals surface area contributed by atoms with Crippen LogP contribution in [0.2, 0.25) is 0 Å². The van der Waals surface area contributed by atoms with Gasteiger partial charge in [0.15, 0.2) is 0 Å². The lowest BCUT2D eigenvalue weighted by Gasteiger charge is -2.29. The maximum atomic E-state index is 11.6. The molecule has 5 nitrogen and oxygen atoms in total. The van der Waals surface area contributed by atoms with Crippen LogP contribution in [0.15, 0.2) is 0 Å². The van der Waals surface area contributed by atoms with Crippen molar-refractivity contribution in [2.75, 3.05) is 13.1 Å². The summed E-state index contributed by atoms with van der Waals surface area (Å²) in [5.41, 5.74) is 0.0755. The molecule has 2 amide bonds. The molecule has 0 bridgehead atoms. The Balaban J connectivity index is 3.76. The lowest BCUT2D eigenvalue weighted by molar-refractivity contribution is -0.137. The Morgan fingerprint density at radius 1 is 1.10 bits per heavy atom. The molecule has 1 unspecified atom stereocenters. The smallest absolute Gasteiger partial charge is 0.314 e. The maximum Gasteiger partial charge on any atom is 0.314 e. The molecule has 0 aromatic carbocycles. The van der Waals surface area contributed by atoms with Gasteiger partial charge in [-0.25, -0.2) is 4.79 Å². The fraction of sp³-hybridized carbons (Fsp3) is 0.867. The standard InChI is InChI=1S/C15H30N2O3/c1-11(2)15(4,5)10-17-14(20)16-9-8-12(3)6-7-13(18)19/h11-12H,6-10H2,1-5H3,(H,18,19)(H2,16,17,20). The van der Waals surface area contributed by atoms with Crippen molar-refractivity contribution in [2.45, 2.75) is 53.9 Å². The molecule has 0 rings (SSSR count). The van der Waals surface area contributed by atoms with E-state index in [0.717, 1.165) is 6.42 Å². The predicted molar refractivity (Wildman–Crippen MR) is 80.7 cm³/mol. The summed E-state index contributed by atoms with van der Waals surface area (Å²) in [6.07, 6.45) is 1.64. The summed E-state index contributed by atoms with van der Waals surface area (Å²) in [4.78, 5) is 22.1. The molecule has 0 aliphatic carbocycles. The number of carbonyl (C=O) groups excluding carboxylic acids is 1. The van der Waals surface area contributed by atoms with Crippen molar-refractivity contribution in [3.8, 4) is 0 Å². The van der Waals surface area contributed by atoms with Gasteiger partial charge in [-0.1, -0.05) is 34.6 Å². The Morgan fingerprint density at radius 3 is 2.20 bits per heavy atom. The molecule has 0 radical (unpaired) electrons. The van der Waals surface area contributed by atoms with E-state index in [0.29, 0.717) is 31.3 Å². The van der Waals surface area contributed by atoms with Crippen LogP contribution < -0.4 is 10.6 Å². The van der Waals surface area contributed by atoms with Crippen molar-refractivity contribution in [1.82, 2.24) is 10.6 Å². The molecule has 0 saturated carbocycles. The van der Waals surface area contributed by atoms with Crippen LogP contribution in [0.4, 0.5) is 4.79 Å². The first-order valence-corrected chi connectivity index (χ1v) is 7.38. The first kappa shape index (κ1) is 18.7. The highest BCUT2D eigenvalue weighted by Crippen LogP contribution is 2.24. The van der Waals surface area contributed by atoms with Gasteiger partial charge in [0.2, 0.25) is 0 Å². The summed E-state index contributed by atoms with van der Waals surface area (Å²) in [7, 11) is 0. The lowest BCUT2D eigenvalue weighted by Crippen LogP contribution is -2.42. The SMILES string of the molecule is CC(CCNC(=O)NCC(C)(C)C(C)C)CCC(=O)O. The fourth-order valence-electron chi connectivity index (χ4n) is 1.52. The predicted octanol–water partition coefficient (Wildman–Crippen LogP) is 2.86. The molecular weight excluding hydrogens is 256 g/mol. The van der Waals surface area contributed by atoms with E-state index in [-0.39, 0.29) is 17.9 Å². The van der Waals surface area contributed by atoms with Gasteiger partial charge in [0.05, 0.1) is 0 Å². The molecule has 0 saturated heterocycles. The van der Waals surface area contributed by atoms with Crippen LogP contribution in [0.5, 0.6) is 0 Å². The number of rotatable bonds is 9. The molecule has 0 heterocycles. The lowest BCUT2D eigenvalue weighted by atomic mass is 9.81. The summed E-state index contributed by atoms with van der Waals surface area (Å²) < 4.78 is 0. The molecule has 20 heavy (non-hydrogen) atoms. The van der Waals surface area contributed by atoms with E-state index in [1.54, 1.807) is 0 Å². The third kappa shape index (κ3) is 8.77. The van der Waals surface area contributed by atoms with E-state index in [1.165, 1.54) is 0 Å². The third-order valence-electron chi connectivity index (χ3n) is 4.04. The first-order valence-electron chi connectivity index (χ1n) is 7.38. The maximum absolute atomic E-state index is 11.6. The van der Waals surface area contributed by atoms with Gasteiger partial charge in [-0.3, -0.25) is 4.79 Å². The largest absolute Gasteiger partial charge is 0.481 e. The summed E-state index contributed by atoms with van der Waals surface area (Å²) in [5, 5.41) is 14.3. The molecule has 0 aromatic rings. The van der Waals surface area contributed by atoms with Crippen molar-refractivity contribution in [1.29, 1.82) is 0 Å². The molecule has 5 heteroatoms. The van der Waals surface area contributed by atoms with Gasteiger partial charge in [0.25, 0.3) is 0 Å². The normalized spacial score (nSPS) is 13.1. The Bertz CT molecular complexity index is 314. The second-order valence-corrected chi connectivity index (χ2v) is 6.58. The zero-order valence-corrected chi connectivity index (χ0v) is 13.5. The van der Waals surface area contributed by atoms with Gasteiger partial charge in [0.1, 0.15) is 0 Å². The average molecular weight is 286 g/mol. The van der Waals surface area contributed by atoms with Crippen LogP contribution in [0.3, 0.4) is 0 Å². The number of hydrogen-bond acceptors (Lipinski definition) is 2. The Morgan fingerprint density at radius 2 is 1.70 bits per heavy atom. The molecule has 0 aromatic heterocycles. The topological polar surface area (TPSA) is 78.4 Å². The van der Waals surface area contributed by atoms with Gasteiger partial charge in [0, 0.05) is 19.5 Å². The number of carbonyl (C=O) groups is 2. The zero-order chi connectivity index (χ0) is 15.8. The number of nitrogens with one attached hydrogen (secondary N) is 2. The Kier molecular flexibility index (Phi) is 8.26. The van der Waals surface area contributed by atoms with Crippen LogP contribution >= 0.6 is 0 Å². The van der Waals surface area contributed by atoms with Crippen molar-refractivity contribution in [3.63, 3.8) is 0 Å². The van der Waals surface area contributed by atoms with E-state index in [2.05, 4.69) is 38.3 Å². The number of hydrogen-bond donors (Lipinski definition) is 3. The van der Waals surface area contributed by atoms with Crippen molar-refractivity contribution >= 4 is 12.0 Å². The van der Waals surface area contributed by atoms with E-state index in [9.17, 15) is 9.59 Å². The minimum absolute atomic E-state index is 0.0755. The summed E-state index contributed by atoms with van der Waals surface area (Å²) in [6.45, 7) is 11.8. The molecule has 1 atom stereocenters. The number of aliphatic carboxylic acids is 1. The molecule has 0 aliphatic rings. The highest BCUT2D eigenvalue weighted by Gasteiger charge is 2.22. The summed E-state index contributed by atoms with van der Waals surface area (Å²) >= 11 is 0. The molecule has 3 N–H and O–H groups in total. The van der Waals surface area contributed by atoms with Crippen LogP contribution in [-0.4, -0.2) is 30.2 Å². The van der Waals surface area contributed by atoms with Gasteiger partial charge >= 0.3 is 12.0 Å². The molecule has 118 valence electrons. The summed E-state index contributed by atoms with van der Waals surface area (Å²) in [6, 6.07) is -0.149. The molecule has 0 aliphatic heterocycles. The van der Waals surface area contributed by atoms with E-state index in [4.69, 9.17) is 5.11 Å². The number of carboxylic acids is 1. The average Bonchev–Trinajstić information content (AvgIpc) is 2.34. The quantitative estimate of drug-likeness (QED) is 0.610. The molecule has 0 fully saturated rings. The summed E-state index contributed by atoms with van der Waals surface area (Å²) in [5.74, 6) is 0.0378. The van der Waals surface area contributed by atoms with E-state index >= 15 is 0 Å². The number of amides is 2. The molecule has 0 spiro atoms. The van der Waals surface area contributed by atoms with E-state index < -0.39 is 5.97 Å². The van der Waals surface area contributed by atoms with Crippen LogP contribution in [0.1, 0.15) is 53.9 Å². The Hall–Kier alpha value is -1.26. The van der Waals surface area contributed by atoms with Crippen LogP contribution in [0.25, 0.3) is 0 Å². The second kappa shape index (κ2) is 8.82. The zero-order valence-electron chi connectivity index (χ0n) is 13.5. The van der Waals surface area contributed by atoms with Crippen molar-refractivity contribution in [3.05, 3.63) is 0 Å². The van der Waals surface area contributed by atoms with Gasteiger partial charge in [-0.2, -0.15) is 0 Å². The van der Waals surface area contributed by atoms with E-state index in [1.807, 2.05) is 6.92 Å². The van der Waals surface area contributed by atoms with Crippen LogP contribution in [0, 0.1) is 17.3 Å². The molecular formula is C15H30N2O3. The van der Waals surface area contributed by atoms with Crippen molar-refractivity contribution in [2.24, 2.45) is 17.3 Å². The number of urea groups is 1. The van der Waals surface area contributed by atoms with Crippen LogP contribution in [-0.2, 0) is 4.79 Å². The Labute approximate surface area is 122 Å². The minimum Gasteiger partial charge on any atom is -0.481 e. The first-order chi connectivity index (χ1) is 9.15. The minimum atomic E-state index is -0.765. The monoisotopic (exact) mass is 286 g/mol. The van der Waals surface area contributed by atoms with Gasteiger partial charge < -0.3 is 15.7 Å². The highest BCUT2D eigenvalue weighted by atomic mass is 16.4. The van der Waals surface area contributed by atoms with Gasteiger partial charge in [-0.05, 0) is 30.1 Å².